The van der Waals surface area contributed by atoms with Gasteiger partial charge in [-0.2, -0.15) is 13.2 Å². The molecule has 7 nitrogen and oxygen atoms in total. The molecule has 0 aliphatic rings. The number of likely N-dealkylation sites (N-methyl/N-ethyl adjacent to an activating group) is 1. The molecule has 0 saturated heterocycles. The van der Waals surface area contributed by atoms with Gasteiger partial charge in [-0.05, 0) is 87.2 Å². The maximum atomic E-state index is 16.4. The molecular formula is C35H37F6N3O4. The van der Waals surface area contributed by atoms with Crippen molar-refractivity contribution in [3.8, 4) is 23.5 Å². The lowest BCUT2D eigenvalue weighted by Gasteiger charge is -2.27. The van der Waals surface area contributed by atoms with Gasteiger partial charge in [-0.25, -0.2) is 13.2 Å². The van der Waals surface area contributed by atoms with Crippen LogP contribution in [-0.4, -0.2) is 47.1 Å². The average molecular weight is 678 g/mol. The summed E-state index contributed by atoms with van der Waals surface area (Å²) in [6, 6.07) is 0.313. The second-order valence-corrected chi connectivity index (χ2v) is 12.4. The van der Waals surface area contributed by atoms with Crippen LogP contribution in [0.2, 0.25) is 0 Å². The largest absolute Gasteiger partial charge is 0.481 e. The topological polar surface area (TPSA) is 91.6 Å². The number of nitrogens with one attached hydrogen (secondary N) is 1. The number of carboxylic acid groups (broad SMARTS) is 1. The lowest BCUT2D eigenvalue weighted by Crippen LogP contribution is -2.41. The Hall–Kier alpha value is -4.57. The van der Waals surface area contributed by atoms with E-state index in [-0.39, 0.29) is 53.1 Å². The number of hydrogen-bond donors (Lipinski definition) is 2. The highest BCUT2D eigenvalue weighted by atomic mass is 19.4. The monoisotopic (exact) mass is 677 g/mol. The fourth-order valence-corrected chi connectivity index (χ4v) is 5.69. The van der Waals surface area contributed by atoms with Crippen molar-refractivity contribution in [2.24, 2.45) is 5.92 Å². The van der Waals surface area contributed by atoms with E-state index >= 15 is 8.78 Å². The summed E-state index contributed by atoms with van der Waals surface area (Å²) < 4.78 is 88.8. The molecule has 3 rings (SSSR count). The third kappa shape index (κ3) is 8.66. The minimum absolute atomic E-state index is 0.0986. The van der Waals surface area contributed by atoms with Crippen LogP contribution in [0.4, 0.5) is 26.3 Å². The van der Waals surface area contributed by atoms with Crippen molar-refractivity contribution in [3.05, 3.63) is 91.6 Å². The molecule has 0 spiro atoms. The SMILES string of the molecule is C#Cc1cc(-c2c(C)cc(F)cc2C)c(F)c(C(CC(=O)O)NC(=O)C(CC(C)C)n2cc(CCN(C)C)c(C(F)(F)F)cc2=O)c1F. The molecule has 0 saturated carbocycles. The Balaban J connectivity index is 2.24. The number of carboxylic acids is 1. The lowest BCUT2D eigenvalue weighted by atomic mass is 9.89. The van der Waals surface area contributed by atoms with E-state index in [9.17, 15) is 37.1 Å². The number of alkyl halides is 3. The van der Waals surface area contributed by atoms with Gasteiger partial charge in [-0.15, -0.1) is 6.42 Å². The number of aromatic nitrogens is 1. The van der Waals surface area contributed by atoms with Gasteiger partial charge in [0.25, 0.3) is 5.56 Å². The Kier molecular flexibility index (Phi) is 11.9. The molecule has 0 bridgehead atoms. The molecule has 258 valence electrons. The molecule has 0 fully saturated rings. The highest BCUT2D eigenvalue weighted by molar-refractivity contribution is 5.82. The van der Waals surface area contributed by atoms with Crippen LogP contribution in [-0.2, 0) is 22.2 Å². The van der Waals surface area contributed by atoms with Gasteiger partial charge in [0.1, 0.15) is 23.5 Å². The Bertz CT molecular complexity index is 1780. The van der Waals surface area contributed by atoms with Gasteiger partial charge >= 0.3 is 12.1 Å². The van der Waals surface area contributed by atoms with Gasteiger partial charge in [-0.1, -0.05) is 19.8 Å². The van der Waals surface area contributed by atoms with E-state index in [0.29, 0.717) is 6.07 Å². The number of nitrogens with zero attached hydrogens (tertiary/aromatic N) is 2. The van der Waals surface area contributed by atoms with Crippen molar-refractivity contribution in [2.45, 2.75) is 65.2 Å². The van der Waals surface area contributed by atoms with E-state index in [1.165, 1.54) is 13.8 Å². The van der Waals surface area contributed by atoms with Crippen LogP contribution >= 0.6 is 0 Å². The highest BCUT2D eigenvalue weighted by Crippen LogP contribution is 2.37. The van der Waals surface area contributed by atoms with Crippen LogP contribution in [0.5, 0.6) is 0 Å². The predicted octanol–water partition coefficient (Wildman–Crippen LogP) is 6.57. The van der Waals surface area contributed by atoms with Gasteiger partial charge in [0.2, 0.25) is 5.91 Å². The van der Waals surface area contributed by atoms with E-state index in [4.69, 9.17) is 6.42 Å². The number of aryl methyl sites for hydroxylation is 2. The van der Waals surface area contributed by atoms with Crippen molar-refractivity contribution in [3.63, 3.8) is 0 Å². The van der Waals surface area contributed by atoms with Crippen LogP contribution in [0.1, 0.15) is 72.2 Å². The molecule has 0 aliphatic carbocycles. The van der Waals surface area contributed by atoms with E-state index in [1.807, 2.05) is 0 Å². The number of aliphatic carboxylic acids is 1. The molecule has 2 aromatic carbocycles. The highest BCUT2D eigenvalue weighted by Gasteiger charge is 2.36. The molecule has 2 atom stereocenters. The van der Waals surface area contributed by atoms with Gasteiger partial charge in [-0.3, -0.25) is 14.4 Å². The van der Waals surface area contributed by atoms with Crippen molar-refractivity contribution < 1.29 is 41.0 Å². The van der Waals surface area contributed by atoms with E-state index in [0.717, 1.165) is 29.0 Å². The molecule has 1 amide bonds. The number of hydrogen-bond acceptors (Lipinski definition) is 4. The molecule has 3 aromatic rings. The van der Waals surface area contributed by atoms with Gasteiger partial charge < -0.3 is 19.9 Å². The minimum atomic E-state index is -4.86. The first-order chi connectivity index (χ1) is 22.3. The standard InChI is InChI=1S/C35H37F6N3O4/c1-8-21-14-24(30-19(4)12-23(36)13-20(30)5)33(38)31(32(21)37)26(16-29(46)47)42-34(48)27(11-18(2)3)44-17-22(9-10-43(6)7)25(15-28(44)45)35(39,40)41/h1,12-15,17-18,26-27H,9-11,16H2,2-7H3,(H,42,48)(H,46,47). The molecule has 1 aromatic heterocycles. The molecule has 2 unspecified atom stereocenters. The molecular weight excluding hydrogens is 640 g/mol. The molecule has 2 N–H and O–H groups in total. The van der Waals surface area contributed by atoms with Gasteiger partial charge in [0.15, 0.2) is 0 Å². The van der Waals surface area contributed by atoms with Crippen LogP contribution in [0.15, 0.2) is 35.3 Å². The summed E-state index contributed by atoms with van der Waals surface area (Å²) in [7, 11) is 3.30. The smallest absolute Gasteiger partial charge is 0.416 e. The summed E-state index contributed by atoms with van der Waals surface area (Å²) in [5.41, 5.74) is -3.45. The predicted molar refractivity (Wildman–Crippen MR) is 169 cm³/mol. The maximum Gasteiger partial charge on any atom is 0.416 e. The van der Waals surface area contributed by atoms with E-state index in [2.05, 4.69) is 11.2 Å². The fourth-order valence-electron chi connectivity index (χ4n) is 5.69. The van der Waals surface area contributed by atoms with Crippen LogP contribution < -0.4 is 10.9 Å². The molecule has 0 radical (unpaired) electrons. The molecule has 48 heavy (non-hydrogen) atoms. The van der Waals surface area contributed by atoms with Crippen LogP contribution in [0, 0.1) is 49.6 Å². The summed E-state index contributed by atoms with van der Waals surface area (Å²) in [5, 5.41) is 12.1. The Morgan fingerprint density at radius 3 is 2.15 bits per heavy atom. The zero-order valence-electron chi connectivity index (χ0n) is 27.4. The Labute approximate surface area is 274 Å². The number of halogens is 6. The molecule has 13 heteroatoms. The number of terminal acetylenes is 1. The summed E-state index contributed by atoms with van der Waals surface area (Å²) in [6.45, 7) is 6.54. The van der Waals surface area contributed by atoms with Crippen molar-refractivity contribution in [2.75, 3.05) is 20.6 Å². The Morgan fingerprint density at radius 1 is 1.04 bits per heavy atom. The second-order valence-electron chi connectivity index (χ2n) is 12.4. The number of rotatable bonds is 12. The van der Waals surface area contributed by atoms with Crippen LogP contribution in [0.25, 0.3) is 11.1 Å². The maximum absolute atomic E-state index is 16.4. The third-order valence-electron chi connectivity index (χ3n) is 7.83. The minimum Gasteiger partial charge on any atom is -0.481 e. The van der Waals surface area contributed by atoms with Crippen molar-refractivity contribution >= 4 is 11.9 Å². The fraction of sp³-hybridized carbons (Fsp3) is 0.400. The normalized spacial score (nSPS) is 13.0. The quantitative estimate of drug-likeness (QED) is 0.167. The first-order valence-corrected chi connectivity index (χ1v) is 15.0. The molecule has 1 heterocycles. The number of benzene rings is 2. The Morgan fingerprint density at radius 2 is 1.65 bits per heavy atom. The summed E-state index contributed by atoms with van der Waals surface area (Å²) in [4.78, 5) is 40.7. The summed E-state index contributed by atoms with van der Waals surface area (Å²) >= 11 is 0. The van der Waals surface area contributed by atoms with Gasteiger partial charge in [0, 0.05) is 29.9 Å². The number of pyridine rings is 1. The summed E-state index contributed by atoms with van der Waals surface area (Å²) in [5.74, 6) is -4.02. The first kappa shape index (κ1) is 37.9. The summed E-state index contributed by atoms with van der Waals surface area (Å²) in [6.07, 6.45) is 0.353. The van der Waals surface area contributed by atoms with Crippen molar-refractivity contribution in [1.29, 1.82) is 0 Å². The second kappa shape index (κ2) is 15.1. The van der Waals surface area contributed by atoms with E-state index < -0.39 is 76.3 Å². The zero-order valence-corrected chi connectivity index (χ0v) is 27.4. The number of amides is 1. The number of carbonyl (C=O) groups excluding carboxylic acids is 1. The van der Waals surface area contributed by atoms with Crippen molar-refractivity contribution in [1.82, 2.24) is 14.8 Å². The number of carbonyl (C=O) groups is 2. The lowest BCUT2D eigenvalue weighted by molar-refractivity contribution is -0.139. The average Bonchev–Trinajstić information content (AvgIpc) is 2.94. The molecule has 0 aliphatic heterocycles. The van der Waals surface area contributed by atoms with Gasteiger partial charge in [0.05, 0.1) is 23.6 Å². The van der Waals surface area contributed by atoms with E-state index in [1.54, 1.807) is 32.8 Å². The zero-order chi connectivity index (χ0) is 36.2. The first-order valence-electron chi connectivity index (χ1n) is 15.0. The van der Waals surface area contributed by atoms with Crippen LogP contribution in [0.3, 0.4) is 0 Å². The third-order valence-corrected chi connectivity index (χ3v) is 7.83.